The van der Waals surface area contributed by atoms with Crippen molar-refractivity contribution in [3.05, 3.63) is 35.1 Å². The van der Waals surface area contributed by atoms with Crippen molar-refractivity contribution in [2.45, 2.75) is 38.8 Å². The molecule has 1 aliphatic heterocycles. The number of likely N-dealkylation sites (N-methyl/N-ethyl adjacent to an activating group) is 1. The Balaban J connectivity index is 2.31. The van der Waals surface area contributed by atoms with E-state index >= 15 is 0 Å². The normalized spacial score (nSPS) is 26.1. The zero-order valence-corrected chi connectivity index (χ0v) is 10.6. The van der Waals surface area contributed by atoms with Crippen molar-refractivity contribution in [1.29, 1.82) is 0 Å². The van der Waals surface area contributed by atoms with Crippen LogP contribution in [0.15, 0.2) is 18.2 Å². The number of aryl methyl sites for hydroxylation is 1. The highest BCUT2D eigenvalue weighted by atomic mass is 19.1. The summed E-state index contributed by atoms with van der Waals surface area (Å²) in [7, 11) is 0. The molecule has 1 aromatic rings. The van der Waals surface area contributed by atoms with Crippen LogP contribution in [-0.2, 0) is 0 Å². The average Bonchev–Trinajstić information content (AvgIpc) is 2.32. The summed E-state index contributed by atoms with van der Waals surface area (Å²) in [5.41, 5.74) is 8.09. The van der Waals surface area contributed by atoms with Crippen LogP contribution < -0.4 is 5.73 Å². The van der Waals surface area contributed by atoms with Crippen molar-refractivity contribution >= 4 is 0 Å². The average molecular weight is 236 g/mol. The summed E-state index contributed by atoms with van der Waals surface area (Å²) in [6.45, 7) is 6.05. The fraction of sp³-hybridized carbons (Fsp3) is 0.571. The van der Waals surface area contributed by atoms with Gasteiger partial charge in [0.15, 0.2) is 0 Å². The summed E-state index contributed by atoms with van der Waals surface area (Å²) >= 11 is 0. The minimum atomic E-state index is -0.138. The lowest BCUT2D eigenvalue weighted by molar-refractivity contribution is 0.136. The molecular formula is C14H21FN2. The van der Waals surface area contributed by atoms with Crippen molar-refractivity contribution in [3.63, 3.8) is 0 Å². The van der Waals surface area contributed by atoms with Gasteiger partial charge in [0.25, 0.3) is 0 Å². The highest BCUT2D eigenvalue weighted by Gasteiger charge is 2.29. The molecule has 0 bridgehead atoms. The Hall–Kier alpha value is -0.930. The minimum absolute atomic E-state index is 0.138. The summed E-state index contributed by atoms with van der Waals surface area (Å²) in [6.07, 6.45) is 2.21. The Morgan fingerprint density at radius 3 is 2.88 bits per heavy atom. The first kappa shape index (κ1) is 12.5. The van der Waals surface area contributed by atoms with E-state index in [4.69, 9.17) is 5.73 Å². The van der Waals surface area contributed by atoms with E-state index in [1.807, 2.05) is 19.1 Å². The number of rotatable bonds is 2. The van der Waals surface area contributed by atoms with Gasteiger partial charge in [0.1, 0.15) is 5.82 Å². The molecule has 2 N–H and O–H groups in total. The molecule has 2 rings (SSSR count). The first-order valence-electron chi connectivity index (χ1n) is 6.39. The molecule has 17 heavy (non-hydrogen) atoms. The summed E-state index contributed by atoms with van der Waals surface area (Å²) < 4.78 is 13.3. The van der Waals surface area contributed by atoms with E-state index in [-0.39, 0.29) is 17.9 Å². The molecule has 0 saturated carbocycles. The highest BCUT2D eigenvalue weighted by Crippen LogP contribution is 2.30. The van der Waals surface area contributed by atoms with Gasteiger partial charge in [0.05, 0.1) is 0 Å². The number of hydrogen-bond donors (Lipinski definition) is 1. The smallest absolute Gasteiger partial charge is 0.126 e. The van der Waals surface area contributed by atoms with Crippen LogP contribution in [0.25, 0.3) is 0 Å². The van der Waals surface area contributed by atoms with Crippen LogP contribution in [0.4, 0.5) is 4.39 Å². The number of benzene rings is 1. The molecule has 2 atom stereocenters. The van der Waals surface area contributed by atoms with Crippen LogP contribution >= 0.6 is 0 Å². The number of likely N-dealkylation sites (tertiary alicyclic amines) is 1. The molecule has 1 heterocycles. The largest absolute Gasteiger partial charge is 0.326 e. The van der Waals surface area contributed by atoms with Gasteiger partial charge in [-0.15, -0.1) is 0 Å². The second kappa shape index (κ2) is 5.15. The summed E-state index contributed by atoms with van der Waals surface area (Å²) in [6, 6.07) is 5.77. The molecule has 2 nitrogen and oxygen atoms in total. The fourth-order valence-electron chi connectivity index (χ4n) is 2.76. The van der Waals surface area contributed by atoms with Crippen LogP contribution in [0.1, 0.15) is 36.9 Å². The summed E-state index contributed by atoms with van der Waals surface area (Å²) in [5.74, 6) is -0.138. The zero-order chi connectivity index (χ0) is 12.4. The third-order valence-corrected chi connectivity index (χ3v) is 3.71. The van der Waals surface area contributed by atoms with E-state index in [1.54, 1.807) is 6.07 Å². The van der Waals surface area contributed by atoms with E-state index in [1.165, 1.54) is 0 Å². The van der Waals surface area contributed by atoms with Gasteiger partial charge < -0.3 is 5.73 Å². The van der Waals surface area contributed by atoms with Crippen LogP contribution in [0.2, 0.25) is 0 Å². The van der Waals surface area contributed by atoms with E-state index < -0.39 is 0 Å². The van der Waals surface area contributed by atoms with Gasteiger partial charge in [-0.05, 0) is 50.0 Å². The molecule has 2 unspecified atom stereocenters. The number of piperidine rings is 1. The second-order valence-corrected chi connectivity index (χ2v) is 4.89. The maximum Gasteiger partial charge on any atom is 0.126 e. The topological polar surface area (TPSA) is 29.3 Å². The second-order valence-electron chi connectivity index (χ2n) is 4.89. The monoisotopic (exact) mass is 236 g/mol. The molecule has 0 amide bonds. The molecule has 1 aromatic carbocycles. The zero-order valence-electron chi connectivity index (χ0n) is 10.6. The first-order valence-corrected chi connectivity index (χ1v) is 6.39. The van der Waals surface area contributed by atoms with Gasteiger partial charge >= 0.3 is 0 Å². The quantitative estimate of drug-likeness (QED) is 0.855. The Labute approximate surface area is 103 Å². The minimum Gasteiger partial charge on any atom is -0.326 e. The van der Waals surface area contributed by atoms with E-state index in [0.717, 1.165) is 31.5 Å². The van der Waals surface area contributed by atoms with E-state index in [0.29, 0.717) is 5.56 Å². The summed E-state index contributed by atoms with van der Waals surface area (Å²) in [5, 5.41) is 0. The number of nitrogens with two attached hydrogens (primary N) is 1. The van der Waals surface area contributed by atoms with Crippen LogP contribution in [-0.4, -0.2) is 24.0 Å². The third kappa shape index (κ3) is 2.50. The number of hydrogen-bond acceptors (Lipinski definition) is 2. The van der Waals surface area contributed by atoms with Crippen LogP contribution in [0.5, 0.6) is 0 Å². The molecule has 3 heteroatoms. The fourth-order valence-corrected chi connectivity index (χ4v) is 2.76. The van der Waals surface area contributed by atoms with Gasteiger partial charge in [-0.2, -0.15) is 0 Å². The third-order valence-electron chi connectivity index (χ3n) is 3.71. The van der Waals surface area contributed by atoms with Gasteiger partial charge in [0.2, 0.25) is 0 Å². The van der Waals surface area contributed by atoms with Crippen molar-refractivity contribution in [1.82, 2.24) is 4.90 Å². The summed E-state index contributed by atoms with van der Waals surface area (Å²) in [4.78, 5) is 2.39. The molecule has 1 saturated heterocycles. The van der Waals surface area contributed by atoms with Crippen LogP contribution in [0.3, 0.4) is 0 Å². The Morgan fingerprint density at radius 2 is 2.24 bits per heavy atom. The van der Waals surface area contributed by atoms with Gasteiger partial charge in [0, 0.05) is 12.1 Å². The predicted octanol–water partition coefficient (Wildman–Crippen LogP) is 2.62. The van der Waals surface area contributed by atoms with Gasteiger partial charge in [-0.25, -0.2) is 4.39 Å². The predicted molar refractivity (Wildman–Crippen MR) is 68.3 cm³/mol. The number of halogens is 1. The molecule has 0 radical (unpaired) electrons. The molecule has 94 valence electrons. The number of nitrogens with zero attached hydrogens (tertiary/aromatic N) is 1. The molecule has 0 aromatic heterocycles. The van der Waals surface area contributed by atoms with Crippen molar-refractivity contribution < 1.29 is 4.39 Å². The molecule has 1 aliphatic rings. The lowest BCUT2D eigenvalue weighted by Gasteiger charge is -2.39. The molecule has 0 spiro atoms. The Kier molecular flexibility index (Phi) is 3.79. The SMILES string of the molecule is CCN1CCCC(N)C1c1ccc(F)c(C)c1. The van der Waals surface area contributed by atoms with E-state index in [9.17, 15) is 4.39 Å². The van der Waals surface area contributed by atoms with Gasteiger partial charge in [-0.1, -0.05) is 19.1 Å². The van der Waals surface area contributed by atoms with Crippen molar-refractivity contribution in [2.24, 2.45) is 5.73 Å². The Morgan fingerprint density at radius 1 is 1.47 bits per heavy atom. The van der Waals surface area contributed by atoms with Crippen LogP contribution in [0, 0.1) is 12.7 Å². The first-order chi connectivity index (χ1) is 8.13. The van der Waals surface area contributed by atoms with Crippen molar-refractivity contribution in [2.75, 3.05) is 13.1 Å². The lowest BCUT2D eigenvalue weighted by Crippen LogP contribution is -2.45. The maximum atomic E-state index is 13.3. The molecule has 1 fully saturated rings. The Bertz CT molecular complexity index is 392. The standard InChI is InChI=1S/C14H21FN2/c1-3-17-8-4-5-13(16)14(17)11-6-7-12(15)10(2)9-11/h6-7,9,13-14H,3-5,8,16H2,1-2H3. The van der Waals surface area contributed by atoms with Gasteiger partial charge in [-0.3, -0.25) is 4.90 Å². The lowest BCUT2D eigenvalue weighted by atomic mass is 9.90. The van der Waals surface area contributed by atoms with E-state index in [2.05, 4.69) is 11.8 Å². The molecule has 0 aliphatic carbocycles. The maximum absolute atomic E-state index is 13.3. The highest BCUT2D eigenvalue weighted by molar-refractivity contribution is 5.28. The molecular weight excluding hydrogens is 215 g/mol. The van der Waals surface area contributed by atoms with Crippen molar-refractivity contribution in [3.8, 4) is 0 Å².